The van der Waals surface area contributed by atoms with Crippen molar-refractivity contribution in [3.8, 4) is 0 Å². The van der Waals surface area contributed by atoms with Crippen LogP contribution in [-0.2, 0) is 4.79 Å². The molecule has 2 saturated carbocycles. The van der Waals surface area contributed by atoms with E-state index in [4.69, 9.17) is 0 Å². The van der Waals surface area contributed by atoms with Crippen molar-refractivity contribution in [3.63, 3.8) is 0 Å². The second-order valence-electron chi connectivity index (χ2n) is 6.12. The van der Waals surface area contributed by atoms with Crippen LogP contribution in [0.3, 0.4) is 0 Å². The van der Waals surface area contributed by atoms with Crippen LogP contribution in [0.5, 0.6) is 0 Å². The van der Waals surface area contributed by atoms with E-state index in [9.17, 15) is 4.79 Å². The maximum Gasteiger partial charge on any atom is 0.133 e. The van der Waals surface area contributed by atoms with E-state index in [0.717, 1.165) is 11.8 Å². The fourth-order valence-corrected chi connectivity index (χ4v) is 3.05. The summed E-state index contributed by atoms with van der Waals surface area (Å²) in [5, 5.41) is 0. The van der Waals surface area contributed by atoms with Crippen molar-refractivity contribution in [3.05, 3.63) is 0 Å². The Balaban J connectivity index is 1.83. The standard InChI is InChI=1S/C13H22O/c1-9(14)11-8-12(11)10-4-6-13(2,3)7-5-10/h10-12H,4-8H2,1-3H3. The molecule has 0 aromatic rings. The van der Waals surface area contributed by atoms with Gasteiger partial charge in [-0.15, -0.1) is 0 Å². The van der Waals surface area contributed by atoms with Crippen LogP contribution < -0.4 is 0 Å². The highest BCUT2D eigenvalue weighted by Crippen LogP contribution is 2.52. The van der Waals surface area contributed by atoms with E-state index in [1.807, 2.05) is 0 Å². The summed E-state index contributed by atoms with van der Waals surface area (Å²) in [6.45, 7) is 6.51. The minimum absolute atomic E-state index is 0.430. The Hall–Kier alpha value is -0.330. The zero-order valence-corrected chi connectivity index (χ0v) is 9.68. The lowest BCUT2D eigenvalue weighted by Crippen LogP contribution is -2.23. The smallest absolute Gasteiger partial charge is 0.133 e. The average Bonchev–Trinajstić information content (AvgIpc) is 2.83. The predicted octanol–water partition coefficient (Wildman–Crippen LogP) is 3.43. The molecule has 0 amide bonds. The number of ketones is 1. The minimum atomic E-state index is 0.430. The molecule has 14 heavy (non-hydrogen) atoms. The second kappa shape index (κ2) is 3.36. The Morgan fingerprint density at radius 1 is 1.21 bits per heavy atom. The van der Waals surface area contributed by atoms with Crippen molar-refractivity contribution in [1.29, 1.82) is 0 Å². The zero-order chi connectivity index (χ0) is 10.3. The number of carbonyl (C=O) groups excluding carboxylic acids is 1. The normalized spacial score (nSPS) is 36.8. The number of hydrogen-bond donors (Lipinski definition) is 0. The summed E-state index contributed by atoms with van der Waals surface area (Å²) in [7, 11) is 0. The SMILES string of the molecule is CC(=O)C1CC1C1CCC(C)(C)CC1. The van der Waals surface area contributed by atoms with Gasteiger partial charge < -0.3 is 0 Å². The molecule has 1 nitrogen and oxygen atoms in total. The molecule has 2 aliphatic rings. The first kappa shape index (κ1) is 10.2. The Morgan fingerprint density at radius 3 is 2.21 bits per heavy atom. The second-order valence-corrected chi connectivity index (χ2v) is 6.12. The first-order valence-corrected chi connectivity index (χ1v) is 6.00. The molecule has 0 aromatic heterocycles. The molecule has 0 saturated heterocycles. The van der Waals surface area contributed by atoms with Gasteiger partial charge in [0.25, 0.3) is 0 Å². The molecule has 2 atom stereocenters. The number of hydrogen-bond acceptors (Lipinski definition) is 1. The molecule has 0 aromatic carbocycles. The van der Waals surface area contributed by atoms with Crippen LogP contribution in [0.1, 0.15) is 52.9 Å². The molecule has 80 valence electrons. The van der Waals surface area contributed by atoms with Crippen molar-refractivity contribution in [2.45, 2.75) is 52.9 Å². The van der Waals surface area contributed by atoms with Crippen LogP contribution in [0.2, 0.25) is 0 Å². The van der Waals surface area contributed by atoms with Crippen LogP contribution >= 0.6 is 0 Å². The number of Topliss-reactive ketones (excluding diaryl/α,β-unsaturated/α-hetero) is 1. The van der Waals surface area contributed by atoms with Gasteiger partial charge in [-0.05, 0) is 56.3 Å². The van der Waals surface area contributed by atoms with Gasteiger partial charge in [0.05, 0.1) is 0 Å². The molecule has 0 bridgehead atoms. The molecule has 2 rings (SSSR count). The minimum Gasteiger partial charge on any atom is -0.300 e. The third kappa shape index (κ3) is 2.02. The Bertz CT molecular complexity index is 232. The Labute approximate surface area is 87.3 Å². The fourth-order valence-electron chi connectivity index (χ4n) is 3.05. The van der Waals surface area contributed by atoms with E-state index in [0.29, 0.717) is 17.1 Å². The van der Waals surface area contributed by atoms with Gasteiger partial charge in [0.2, 0.25) is 0 Å². The van der Waals surface area contributed by atoms with Gasteiger partial charge >= 0.3 is 0 Å². The summed E-state index contributed by atoms with van der Waals surface area (Å²) < 4.78 is 0. The molecule has 1 heteroatoms. The number of carbonyl (C=O) groups is 1. The molecule has 0 aliphatic heterocycles. The monoisotopic (exact) mass is 194 g/mol. The third-order valence-corrected chi connectivity index (χ3v) is 4.35. The lowest BCUT2D eigenvalue weighted by atomic mass is 9.71. The Kier molecular flexibility index (Phi) is 2.45. The first-order chi connectivity index (χ1) is 6.49. The lowest BCUT2D eigenvalue weighted by Gasteiger charge is -2.34. The summed E-state index contributed by atoms with van der Waals surface area (Å²) in [4.78, 5) is 11.2. The topological polar surface area (TPSA) is 17.1 Å². The van der Waals surface area contributed by atoms with E-state index in [2.05, 4.69) is 13.8 Å². The van der Waals surface area contributed by atoms with Crippen LogP contribution in [0, 0.1) is 23.2 Å². The van der Waals surface area contributed by atoms with Gasteiger partial charge in [0, 0.05) is 5.92 Å². The summed E-state index contributed by atoms with van der Waals surface area (Å²) in [5.41, 5.74) is 0.567. The first-order valence-electron chi connectivity index (χ1n) is 6.00. The van der Waals surface area contributed by atoms with Crippen molar-refractivity contribution < 1.29 is 4.79 Å². The van der Waals surface area contributed by atoms with E-state index in [-0.39, 0.29) is 0 Å². The quantitative estimate of drug-likeness (QED) is 0.658. The molecule has 2 fully saturated rings. The Morgan fingerprint density at radius 2 is 1.79 bits per heavy atom. The summed E-state index contributed by atoms with van der Waals surface area (Å²) in [6, 6.07) is 0. The molecular formula is C13H22O. The average molecular weight is 194 g/mol. The van der Waals surface area contributed by atoms with Crippen molar-refractivity contribution >= 4 is 5.78 Å². The van der Waals surface area contributed by atoms with Gasteiger partial charge in [0.15, 0.2) is 0 Å². The van der Waals surface area contributed by atoms with Crippen molar-refractivity contribution in [1.82, 2.24) is 0 Å². The van der Waals surface area contributed by atoms with Crippen LogP contribution in [-0.4, -0.2) is 5.78 Å². The molecular weight excluding hydrogens is 172 g/mol. The van der Waals surface area contributed by atoms with Gasteiger partial charge in [0.1, 0.15) is 5.78 Å². The van der Waals surface area contributed by atoms with Gasteiger partial charge in [-0.1, -0.05) is 13.8 Å². The molecule has 0 spiro atoms. The van der Waals surface area contributed by atoms with Crippen LogP contribution in [0.25, 0.3) is 0 Å². The largest absolute Gasteiger partial charge is 0.300 e. The lowest BCUT2D eigenvalue weighted by molar-refractivity contribution is -0.118. The predicted molar refractivity (Wildman–Crippen MR) is 58.0 cm³/mol. The highest BCUT2D eigenvalue weighted by molar-refractivity contribution is 5.81. The van der Waals surface area contributed by atoms with Gasteiger partial charge in [-0.3, -0.25) is 4.79 Å². The van der Waals surface area contributed by atoms with Gasteiger partial charge in [-0.2, -0.15) is 0 Å². The molecule has 0 N–H and O–H groups in total. The zero-order valence-electron chi connectivity index (χ0n) is 9.68. The molecule has 2 unspecified atom stereocenters. The van der Waals surface area contributed by atoms with E-state index in [1.54, 1.807) is 6.92 Å². The van der Waals surface area contributed by atoms with Gasteiger partial charge in [-0.25, -0.2) is 0 Å². The third-order valence-electron chi connectivity index (χ3n) is 4.35. The number of rotatable bonds is 2. The summed E-state index contributed by atoms with van der Waals surface area (Å²) in [5.74, 6) is 2.52. The summed E-state index contributed by atoms with van der Waals surface area (Å²) >= 11 is 0. The molecule has 2 aliphatic carbocycles. The molecule has 0 radical (unpaired) electrons. The van der Waals surface area contributed by atoms with Crippen LogP contribution in [0.15, 0.2) is 0 Å². The maximum atomic E-state index is 11.2. The highest BCUT2D eigenvalue weighted by atomic mass is 16.1. The highest BCUT2D eigenvalue weighted by Gasteiger charge is 2.46. The summed E-state index contributed by atoms with van der Waals surface area (Å²) in [6.07, 6.45) is 6.64. The van der Waals surface area contributed by atoms with Crippen molar-refractivity contribution in [2.75, 3.05) is 0 Å². The maximum absolute atomic E-state index is 11.2. The van der Waals surface area contributed by atoms with E-state index >= 15 is 0 Å². The fraction of sp³-hybridized carbons (Fsp3) is 0.923. The van der Waals surface area contributed by atoms with Crippen molar-refractivity contribution in [2.24, 2.45) is 23.2 Å². The van der Waals surface area contributed by atoms with E-state index in [1.165, 1.54) is 32.1 Å². The van der Waals surface area contributed by atoms with Crippen LogP contribution in [0.4, 0.5) is 0 Å². The molecule has 0 heterocycles. The van der Waals surface area contributed by atoms with E-state index < -0.39 is 0 Å².